The van der Waals surface area contributed by atoms with Crippen LogP contribution in [0.1, 0.15) is 44.9 Å². The first-order valence-electron chi connectivity index (χ1n) is 9.38. The summed E-state index contributed by atoms with van der Waals surface area (Å²) in [6.45, 7) is 10.6. The summed E-state index contributed by atoms with van der Waals surface area (Å²) in [6, 6.07) is 13.2. The Labute approximate surface area is 161 Å². The van der Waals surface area contributed by atoms with Crippen LogP contribution in [-0.4, -0.2) is 25.2 Å². The first-order valence-corrected chi connectivity index (χ1v) is 9.38. The monoisotopic (exact) mass is 371 g/mol. The summed E-state index contributed by atoms with van der Waals surface area (Å²) < 4.78 is 17.1. The first kappa shape index (κ1) is 20.6. The molecule has 5 nitrogen and oxygen atoms in total. The standard InChI is InChI=1S/C22H29NO4/c1-6-25-20-13-12-18(14-21(20)26-7-2)16(4)23-22(24)17(5)27-19-11-9-8-10-15(19)3/h8-14,16-17H,6-7H2,1-5H3,(H,23,24)/t16-,17-/m0/s1. The van der Waals surface area contributed by atoms with Crippen LogP contribution in [0, 0.1) is 6.92 Å². The summed E-state index contributed by atoms with van der Waals surface area (Å²) in [6.07, 6.45) is -0.595. The molecule has 146 valence electrons. The van der Waals surface area contributed by atoms with Crippen LogP contribution < -0.4 is 19.5 Å². The Balaban J connectivity index is 2.04. The van der Waals surface area contributed by atoms with E-state index in [-0.39, 0.29) is 11.9 Å². The number of carbonyl (C=O) groups is 1. The minimum Gasteiger partial charge on any atom is -0.490 e. The highest BCUT2D eigenvalue weighted by atomic mass is 16.5. The van der Waals surface area contributed by atoms with Crippen molar-refractivity contribution < 1.29 is 19.0 Å². The van der Waals surface area contributed by atoms with Crippen LogP contribution in [-0.2, 0) is 4.79 Å². The summed E-state index contributed by atoms with van der Waals surface area (Å²) in [7, 11) is 0. The fourth-order valence-electron chi connectivity index (χ4n) is 2.68. The SMILES string of the molecule is CCOc1ccc([C@H](C)NC(=O)[C@H](C)Oc2ccccc2C)cc1OCC. The lowest BCUT2D eigenvalue weighted by Crippen LogP contribution is -2.37. The normalized spacial score (nSPS) is 12.8. The van der Waals surface area contributed by atoms with Crippen LogP contribution in [0.15, 0.2) is 42.5 Å². The van der Waals surface area contributed by atoms with E-state index in [2.05, 4.69) is 5.32 Å². The quantitative estimate of drug-likeness (QED) is 0.708. The van der Waals surface area contributed by atoms with Crippen molar-refractivity contribution in [2.24, 2.45) is 0 Å². The van der Waals surface area contributed by atoms with Gasteiger partial charge in [0.25, 0.3) is 5.91 Å². The molecule has 0 aliphatic rings. The van der Waals surface area contributed by atoms with Crippen molar-refractivity contribution in [3.8, 4) is 17.2 Å². The predicted molar refractivity (Wildman–Crippen MR) is 107 cm³/mol. The average molecular weight is 371 g/mol. The van der Waals surface area contributed by atoms with Gasteiger partial charge in [-0.15, -0.1) is 0 Å². The summed E-state index contributed by atoms with van der Waals surface area (Å²) in [5.74, 6) is 1.94. The summed E-state index contributed by atoms with van der Waals surface area (Å²) >= 11 is 0. The highest BCUT2D eigenvalue weighted by Gasteiger charge is 2.19. The Morgan fingerprint density at radius 2 is 1.63 bits per heavy atom. The second-order valence-electron chi connectivity index (χ2n) is 6.33. The predicted octanol–water partition coefficient (Wildman–Crippen LogP) is 4.44. The maximum Gasteiger partial charge on any atom is 0.261 e. The Kier molecular flexibility index (Phi) is 7.53. The summed E-state index contributed by atoms with van der Waals surface area (Å²) in [5, 5.41) is 3.00. The lowest BCUT2D eigenvalue weighted by atomic mass is 10.1. The number of hydrogen-bond donors (Lipinski definition) is 1. The lowest BCUT2D eigenvalue weighted by molar-refractivity contribution is -0.127. The Bertz CT molecular complexity index is 760. The molecule has 0 bridgehead atoms. The molecule has 1 N–H and O–H groups in total. The third kappa shape index (κ3) is 5.64. The molecule has 0 aliphatic heterocycles. The molecule has 0 heterocycles. The molecule has 1 amide bonds. The number of benzene rings is 2. The van der Waals surface area contributed by atoms with Crippen molar-refractivity contribution in [2.75, 3.05) is 13.2 Å². The Morgan fingerprint density at radius 3 is 2.30 bits per heavy atom. The summed E-state index contributed by atoms with van der Waals surface area (Å²) in [4.78, 5) is 12.5. The molecule has 0 aromatic heterocycles. The van der Waals surface area contributed by atoms with Crippen molar-refractivity contribution in [2.45, 2.75) is 46.8 Å². The number of aryl methyl sites for hydroxylation is 1. The van der Waals surface area contributed by atoms with Gasteiger partial charge in [0.2, 0.25) is 0 Å². The van der Waals surface area contributed by atoms with Crippen LogP contribution in [0.25, 0.3) is 0 Å². The van der Waals surface area contributed by atoms with Gasteiger partial charge in [0.15, 0.2) is 17.6 Å². The lowest BCUT2D eigenvalue weighted by Gasteiger charge is -2.21. The highest BCUT2D eigenvalue weighted by Crippen LogP contribution is 2.30. The van der Waals surface area contributed by atoms with Crippen LogP contribution >= 0.6 is 0 Å². The van der Waals surface area contributed by atoms with E-state index < -0.39 is 6.10 Å². The maximum absolute atomic E-state index is 12.5. The van der Waals surface area contributed by atoms with Gasteiger partial charge in [0.1, 0.15) is 5.75 Å². The van der Waals surface area contributed by atoms with E-state index in [0.29, 0.717) is 30.5 Å². The maximum atomic E-state index is 12.5. The molecule has 0 unspecified atom stereocenters. The zero-order valence-corrected chi connectivity index (χ0v) is 16.7. The number of ether oxygens (including phenoxy) is 3. The van der Waals surface area contributed by atoms with E-state index in [1.54, 1.807) is 6.92 Å². The fraction of sp³-hybridized carbons (Fsp3) is 0.409. The van der Waals surface area contributed by atoms with Gasteiger partial charge >= 0.3 is 0 Å². The van der Waals surface area contributed by atoms with Crippen LogP contribution in [0.3, 0.4) is 0 Å². The topological polar surface area (TPSA) is 56.8 Å². The number of hydrogen-bond acceptors (Lipinski definition) is 4. The molecule has 0 saturated carbocycles. The Morgan fingerprint density at radius 1 is 0.963 bits per heavy atom. The number of amides is 1. The highest BCUT2D eigenvalue weighted by molar-refractivity contribution is 5.81. The molecule has 0 spiro atoms. The molecule has 5 heteroatoms. The van der Waals surface area contributed by atoms with Gasteiger partial charge in [0.05, 0.1) is 19.3 Å². The zero-order chi connectivity index (χ0) is 19.8. The molecule has 0 radical (unpaired) electrons. The van der Waals surface area contributed by atoms with E-state index in [1.807, 2.05) is 70.2 Å². The minimum absolute atomic E-state index is 0.169. The molecule has 2 aromatic rings. The third-order valence-corrected chi connectivity index (χ3v) is 4.19. The molecular weight excluding hydrogens is 342 g/mol. The second kappa shape index (κ2) is 9.86. The van der Waals surface area contributed by atoms with Gasteiger partial charge in [-0.25, -0.2) is 0 Å². The van der Waals surface area contributed by atoms with Crippen LogP contribution in [0.2, 0.25) is 0 Å². The van der Waals surface area contributed by atoms with E-state index >= 15 is 0 Å². The zero-order valence-electron chi connectivity index (χ0n) is 16.7. The summed E-state index contributed by atoms with van der Waals surface area (Å²) in [5.41, 5.74) is 1.94. The van der Waals surface area contributed by atoms with E-state index in [9.17, 15) is 4.79 Å². The van der Waals surface area contributed by atoms with Crippen molar-refractivity contribution in [3.05, 3.63) is 53.6 Å². The third-order valence-electron chi connectivity index (χ3n) is 4.19. The van der Waals surface area contributed by atoms with Gasteiger partial charge in [-0.05, 0) is 63.9 Å². The van der Waals surface area contributed by atoms with Gasteiger partial charge in [-0.2, -0.15) is 0 Å². The smallest absolute Gasteiger partial charge is 0.261 e. The van der Waals surface area contributed by atoms with Gasteiger partial charge in [-0.1, -0.05) is 24.3 Å². The van der Waals surface area contributed by atoms with Crippen molar-refractivity contribution >= 4 is 5.91 Å². The van der Waals surface area contributed by atoms with Crippen molar-refractivity contribution in [3.63, 3.8) is 0 Å². The molecule has 27 heavy (non-hydrogen) atoms. The van der Waals surface area contributed by atoms with Gasteiger partial charge in [-0.3, -0.25) is 4.79 Å². The number of carbonyl (C=O) groups excluding carboxylic acids is 1. The molecule has 0 fully saturated rings. The first-order chi connectivity index (χ1) is 13.0. The molecule has 0 aliphatic carbocycles. The van der Waals surface area contributed by atoms with E-state index in [4.69, 9.17) is 14.2 Å². The number of nitrogens with one attached hydrogen (secondary N) is 1. The van der Waals surface area contributed by atoms with Crippen molar-refractivity contribution in [1.29, 1.82) is 0 Å². The molecule has 2 aromatic carbocycles. The number of rotatable bonds is 9. The van der Waals surface area contributed by atoms with Crippen LogP contribution in [0.5, 0.6) is 17.2 Å². The minimum atomic E-state index is -0.595. The van der Waals surface area contributed by atoms with Gasteiger partial charge < -0.3 is 19.5 Å². The second-order valence-corrected chi connectivity index (χ2v) is 6.33. The van der Waals surface area contributed by atoms with Crippen molar-refractivity contribution in [1.82, 2.24) is 5.32 Å². The average Bonchev–Trinajstić information content (AvgIpc) is 2.65. The van der Waals surface area contributed by atoms with E-state index in [0.717, 1.165) is 11.1 Å². The number of para-hydroxylation sites is 1. The largest absolute Gasteiger partial charge is 0.490 e. The van der Waals surface area contributed by atoms with Gasteiger partial charge in [0, 0.05) is 0 Å². The Hall–Kier alpha value is -2.69. The molecule has 2 rings (SSSR count). The fourth-order valence-corrected chi connectivity index (χ4v) is 2.68. The molecule has 2 atom stereocenters. The van der Waals surface area contributed by atoms with E-state index in [1.165, 1.54) is 0 Å². The molecular formula is C22H29NO4. The van der Waals surface area contributed by atoms with Crippen LogP contribution in [0.4, 0.5) is 0 Å². The molecule has 0 saturated heterocycles.